The summed E-state index contributed by atoms with van der Waals surface area (Å²) < 4.78 is 25.7. The average Bonchev–Trinajstić information content (AvgIpc) is 3.10. The molecule has 24 heavy (non-hydrogen) atoms. The van der Waals surface area contributed by atoms with Gasteiger partial charge in [-0.15, -0.1) is 0 Å². The molecule has 1 N–H and O–H groups in total. The lowest BCUT2D eigenvalue weighted by Crippen LogP contribution is -2.48. The van der Waals surface area contributed by atoms with Crippen molar-refractivity contribution in [2.45, 2.75) is 38.0 Å². The number of benzene rings is 1. The Bertz CT molecular complexity index is 581. The summed E-state index contributed by atoms with van der Waals surface area (Å²) in [5.74, 6) is -0.630. The number of carbonyl (C=O) groups is 1. The van der Waals surface area contributed by atoms with Gasteiger partial charge in [0.1, 0.15) is 5.82 Å². The lowest BCUT2D eigenvalue weighted by molar-refractivity contribution is -0.120. The highest BCUT2D eigenvalue weighted by molar-refractivity contribution is 9.10. The van der Waals surface area contributed by atoms with Gasteiger partial charge in [0.05, 0.1) is 24.9 Å². The van der Waals surface area contributed by atoms with E-state index < -0.39 is 5.82 Å². The number of piperidine rings is 1. The average molecular weight is 401 g/mol. The second-order valence-electron chi connectivity index (χ2n) is 6.13. The number of amides is 1. The zero-order valence-electron chi connectivity index (χ0n) is 13.5. The largest absolute Gasteiger partial charge is 0.349 e. The van der Waals surface area contributed by atoms with Crippen molar-refractivity contribution in [2.24, 2.45) is 0 Å². The van der Waals surface area contributed by atoms with Crippen LogP contribution in [0, 0.1) is 5.82 Å². The van der Waals surface area contributed by atoms with Gasteiger partial charge >= 0.3 is 0 Å². The molecule has 0 bridgehead atoms. The lowest BCUT2D eigenvalue weighted by atomic mass is 10.0. The van der Waals surface area contributed by atoms with Crippen LogP contribution >= 0.6 is 15.9 Å². The van der Waals surface area contributed by atoms with Crippen molar-refractivity contribution in [2.75, 3.05) is 31.6 Å². The van der Waals surface area contributed by atoms with E-state index in [2.05, 4.69) is 26.1 Å². The number of hydrogen-bond acceptors (Lipinski definition) is 4. The summed E-state index contributed by atoms with van der Waals surface area (Å²) in [4.78, 5) is 14.4. The van der Waals surface area contributed by atoms with Gasteiger partial charge in [-0.05, 0) is 37.6 Å². The van der Waals surface area contributed by atoms with Crippen LogP contribution in [0.4, 0.5) is 10.1 Å². The number of anilines is 1. The van der Waals surface area contributed by atoms with E-state index in [1.54, 1.807) is 12.1 Å². The van der Waals surface area contributed by atoms with E-state index in [9.17, 15) is 9.18 Å². The highest BCUT2D eigenvalue weighted by atomic mass is 79.9. The zero-order valence-corrected chi connectivity index (χ0v) is 15.1. The molecule has 132 valence electrons. The maximum Gasteiger partial charge on any atom is 0.225 e. The first-order valence-corrected chi connectivity index (χ1v) is 9.15. The van der Waals surface area contributed by atoms with Gasteiger partial charge in [-0.3, -0.25) is 9.69 Å². The summed E-state index contributed by atoms with van der Waals surface area (Å²) in [7, 11) is 0. The molecule has 2 fully saturated rings. The lowest BCUT2D eigenvalue weighted by Gasteiger charge is -2.37. The number of likely N-dealkylation sites (tertiary alicyclic amines) is 1. The molecule has 0 aliphatic carbocycles. The van der Waals surface area contributed by atoms with E-state index in [4.69, 9.17) is 9.47 Å². The summed E-state index contributed by atoms with van der Waals surface area (Å²) in [6.45, 7) is 2.84. The number of ether oxygens (including phenoxy) is 2. The van der Waals surface area contributed by atoms with Crippen molar-refractivity contribution in [3.05, 3.63) is 28.5 Å². The first kappa shape index (κ1) is 17.8. The Kier molecular flexibility index (Phi) is 6.21. The van der Waals surface area contributed by atoms with Crippen LogP contribution in [0.2, 0.25) is 0 Å². The third-order valence-corrected chi connectivity index (χ3v) is 4.95. The van der Waals surface area contributed by atoms with E-state index >= 15 is 0 Å². The smallest absolute Gasteiger partial charge is 0.225 e. The normalized spacial score (nSPS) is 22.7. The number of nitrogens with zero attached hydrogens (tertiary/aromatic N) is 1. The van der Waals surface area contributed by atoms with Gasteiger partial charge in [-0.2, -0.15) is 0 Å². The molecule has 0 spiro atoms. The molecule has 2 heterocycles. The number of halogens is 2. The van der Waals surface area contributed by atoms with E-state index in [0.717, 1.165) is 25.8 Å². The van der Waals surface area contributed by atoms with E-state index in [-0.39, 0.29) is 23.9 Å². The molecule has 1 unspecified atom stereocenters. The molecule has 0 saturated carbocycles. The van der Waals surface area contributed by atoms with Gasteiger partial charge in [0.2, 0.25) is 5.91 Å². The Balaban J connectivity index is 1.52. The fourth-order valence-corrected chi connectivity index (χ4v) is 3.58. The Labute approximate surface area is 149 Å². The van der Waals surface area contributed by atoms with E-state index in [1.165, 1.54) is 6.07 Å². The van der Waals surface area contributed by atoms with Crippen LogP contribution in [-0.4, -0.2) is 49.4 Å². The SMILES string of the molecule is O=C(CCN1CCCCC1C1OCCO1)Nc1ccc(Br)cc1F. The van der Waals surface area contributed by atoms with Crippen molar-refractivity contribution >= 4 is 27.5 Å². The summed E-state index contributed by atoms with van der Waals surface area (Å²) in [5, 5.41) is 2.64. The van der Waals surface area contributed by atoms with Crippen LogP contribution < -0.4 is 5.32 Å². The van der Waals surface area contributed by atoms with Gasteiger partial charge in [0.25, 0.3) is 0 Å². The first-order valence-electron chi connectivity index (χ1n) is 8.35. The molecule has 1 aromatic rings. The second kappa shape index (κ2) is 8.38. The van der Waals surface area contributed by atoms with Gasteiger partial charge in [-0.25, -0.2) is 4.39 Å². The first-order chi connectivity index (χ1) is 11.6. The molecule has 1 atom stereocenters. The quantitative estimate of drug-likeness (QED) is 0.824. The molecule has 2 saturated heterocycles. The fraction of sp³-hybridized carbons (Fsp3) is 0.588. The minimum atomic E-state index is -0.443. The zero-order chi connectivity index (χ0) is 16.9. The maximum absolute atomic E-state index is 13.8. The monoisotopic (exact) mass is 400 g/mol. The van der Waals surface area contributed by atoms with E-state index in [0.29, 0.717) is 30.7 Å². The molecule has 2 aliphatic rings. The molecule has 1 amide bonds. The minimum Gasteiger partial charge on any atom is -0.349 e. The fourth-order valence-electron chi connectivity index (χ4n) is 3.25. The molecule has 2 aliphatic heterocycles. The summed E-state index contributed by atoms with van der Waals surface area (Å²) in [6.07, 6.45) is 3.43. The molecule has 7 heteroatoms. The molecule has 0 aromatic heterocycles. The van der Waals surface area contributed by atoms with Crippen molar-refractivity contribution < 1.29 is 18.7 Å². The van der Waals surface area contributed by atoms with Gasteiger partial charge < -0.3 is 14.8 Å². The molecule has 3 rings (SSSR count). The summed E-state index contributed by atoms with van der Waals surface area (Å²) in [6, 6.07) is 4.80. The third-order valence-electron chi connectivity index (χ3n) is 4.46. The predicted molar refractivity (Wildman–Crippen MR) is 92.3 cm³/mol. The van der Waals surface area contributed by atoms with E-state index in [1.807, 2.05) is 0 Å². The van der Waals surface area contributed by atoms with Crippen molar-refractivity contribution in [3.63, 3.8) is 0 Å². The summed E-state index contributed by atoms with van der Waals surface area (Å²) in [5.41, 5.74) is 0.209. The summed E-state index contributed by atoms with van der Waals surface area (Å²) >= 11 is 3.20. The van der Waals surface area contributed by atoms with Gasteiger partial charge in [0.15, 0.2) is 6.29 Å². The van der Waals surface area contributed by atoms with Crippen LogP contribution in [0.15, 0.2) is 22.7 Å². The van der Waals surface area contributed by atoms with Crippen molar-refractivity contribution in [1.29, 1.82) is 0 Å². The van der Waals surface area contributed by atoms with Crippen LogP contribution in [0.5, 0.6) is 0 Å². The Hall–Kier alpha value is -1.02. The third kappa shape index (κ3) is 4.53. The van der Waals surface area contributed by atoms with Crippen LogP contribution in [0.25, 0.3) is 0 Å². The predicted octanol–water partition coefficient (Wildman–Crippen LogP) is 3.14. The Morgan fingerprint density at radius 3 is 2.88 bits per heavy atom. The van der Waals surface area contributed by atoms with Gasteiger partial charge in [0, 0.05) is 17.4 Å². The van der Waals surface area contributed by atoms with Crippen molar-refractivity contribution in [3.8, 4) is 0 Å². The Morgan fingerprint density at radius 2 is 2.12 bits per heavy atom. The van der Waals surface area contributed by atoms with Crippen LogP contribution in [0.1, 0.15) is 25.7 Å². The number of rotatable bonds is 5. The topological polar surface area (TPSA) is 50.8 Å². The number of nitrogens with one attached hydrogen (secondary N) is 1. The molecule has 5 nitrogen and oxygen atoms in total. The number of carbonyl (C=O) groups excluding carboxylic acids is 1. The highest BCUT2D eigenvalue weighted by Crippen LogP contribution is 2.25. The van der Waals surface area contributed by atoms with Gasteiger partial charge in [-0.1, -0.05) is 22.4 Å². The number of hydrogen-bond donors (Lipinski definition) is 1. The standard InChI is InChI=1S/C17H22BrFN2O3/c18-12-4-5-14(13(19)11-12)20-16(22)6-8-21-7-2-1-3-15(21)17-23-9-10-24-17/h4-5,11,15,17H,1-3,6-10H2,(H,20,22). The van der Waals surface area contributed by atoms with Crippen LogP contribution in [-0.2, 0) is 14.3 Å². The molecule has 0 radical (unpaired) electrons. The van der Waals surface area contributed by atoms with Crippen LogP contribution in [0.3, 0.4) is 0 Å². The molecular weight excluding hydrogens is 379 g/mol. The minimum absolute atomic E-state index is 0.183. The maximum atomic E-state index is 13.8. The second-order valence-corrected chi connectivity index (χ2v) is 7.05. The highest BCUT2D eigenvalue weighted by Gasteiger charge is 2.33. The van der Waals surface area contributed by atoms with Crippen molar-refractivity contribution in [1.82, 2.24) is 4.90 Å². The Morgan fingerprint density at radius 1 is 1.33 bits per heavy atom. The molecular formula is C17H22BrFN2O3. The molecule has 1 aromatic carbocycles.